The highest BCUT2D eigenvalue weighted by Crippen LogP contribution is 2.50. The lowest BCUT2D eigenvalue weighted by Crippen LogP contribution is -2.53. The quantitative estimate of drug-likeness (QED) is 0.349. The average molecular weight is 479 g/mol. The van der Waals surface area contributed by atoms with E-state index in [4.69, 9.17) is 13.6 Å². The molecule has 0 spiro atoms. The van der Waals surface area contributed by atoms with E-state index in [-0.39, 0.29) is 21.9 Å². The van der Waals surface area contributed by atoms with Crippen molar-refractivity contribution in [3.63, 3.8) is 0 Å². The smallest absolute Gasteiger partial charge is 0.341 e. The fraction of sp³-hybridized carbons (Fsp3) is 0.640. The van der Waals surface area contributed by atoms with Gasteiger partial charge in [0, 0.05) is 6.42 Å². The van der Waals surface area contributed by atoms with Gasteiger partial charge in [-0.2, -0.15) is 0 Å². The highest BCUT2D eigenvalue weighted by atomic mass is 28.4. The zero-order valence-electron chi connectivity index (χ0n) is 21.3. The summed E-state index contributed by atoms with van der Waals surface area (Å²) in [4.78, 5) is 13.2. The maximum Gasteiger partial charge on any atom is 0.341 e. The van der Waals surface area contributed by atoms with Crippen molar-refractivity contribution in [2.75, 3.05) is 0 Å². The molecular weight excluding hydrogens is 439 g/mol. The molecule has 0 radical (unpaired) electrons. The Balaban J connectivity index is 2.12. The number of esters is 1. The lowest BCUT2D eigenvalue weighted by molar-refractivity contribution is -0.151. The molecule has 1 aromatic rings. The minimum absolute atomic E-state index is 0.00427. The molecule has 2 bridgehead atoms. The van der Waals surface area contributed by atoms with Gasteiger partial charge in [-0.3, -0.25) is 0 Å². The standard InChI is InChI=1S/C25H39FO4Si2/c1-23(2,3)31(7,8)29-21-19(17-11-13-18(26)14-12-17)15-25(16-20(21)28-22(25)27)30-32(9,10)24(4,5)6/h11-15,20-21H,16H2,1-10H3/t20-,21-,25+/m1/s1. The van der Waals surface area contributed by atoms with E-state index in [0.29, 0.717) is 6.42 Å². The summed E-state index contributed by atoms with van der Waals surface area (Å²) in [6.07, 6.45) is 1.54. The predicted octanol–water partition coefficient (Wildman–Crippen LogP) is 6.69. The first-order valence-electron chi connectivity index (χ1n) is 11.5. The number of ether oxygens (including phenoxy) is 1. The molecule has 0 N–H and O–H groups in total. The summed E-state index contributed by atoms with van der Waals surface area (Å²) in [5.41, 5.74) is 0.571. The van der Waals surface area contributed by atoms with E-state index in [1.54, 1.807) is 12.1 Å². The van der Waals surface area contributed by atoms with Gasteiger partial charge in [0.05, 0.1) is 0 Å². The number of carbonyl (C=O) groups excluding carboxylic acids is 1. The van der Waals surface area contributed by atoms with Gasteiger partial charge in [-0.1, -0.05) is 53.7 Å². The van der Waals surface area contributed by atoms with Crippen LogP contribution in [0.4, 0.5) is 4.39 Å². The summed E-state index contributed by atoms with van der Waals surface area (Å²) >= 11 is 0. The van der Waals surface area contributed by atoms with E-state index in [1.807, 2.05) is 6.08 Å². The van der Waals surface area contributed by atoms with Crippen molar-refractivity contribution in [3.8, 4) is 0 Å². The number of fused-ring (bicyclic) bond motifs is 2. The number of hydrogen-bond acceptors (Lipinski definition) is 4. The van der Waals surface area contributed by atoms with Crippen LogP contribution >= 0.6 is 0 Å². The van der Waals surface area contributed by atoms with Crippen LogP contribution in [-0.4, -0.2) is 40.4 Å². The molecule has 0 aromatic heterocycles. The normalized spacial score (nSPS) is 26.7. The van der Waals surface area contributed by atoms with Crippen molar-refractivity contribution in [1.82, 2.24) is 0 Å². The van der Waals surface area contributed by atoms with Gasteiger partial charge in [-0.05, 0) is 65.6 Å². The van der Waals surface area contributed by atoms with Gasteiger partial charge in [0.2, 0.25) is 0 Å². The molecule has 1 fully saturated rings. The second kappa shape index (κ2) is 7.89. The van der Waals surface area contributed by atoms with Crippen LogP contribution in [-0.2, 0) is 18.4 Å². The Morgan fingerprint density at radius 3 is 2.00 bits per heavy atom. The largest absolute Gasteiger partial charge is 0.457 e. The third-order valence-corrected chi connectivity index (χ3v) is 16.7. The van der Waals surface area contributed by atoms with Crippen LogP contribution in [0.1, 0.15) is 53.5 Å². The van der Waals surface area contributed by atoms with Crippen LogP contribution in [0, 0.1) is 5.82 Å². The van der Waals surface area contributed by atoms with Crippen LogP contribution in [0.5, 0.6) is 0 Å². The molecule has 0 saturated carbocycles. The molecule has 3 atom stereocenters. The monoisotopic (exact) mass is 478 g/mol. The van der Waals surface area contributed by atoms with Gasteiger partial charge in [0.25, 0.3) is 0 Å². The van der Waals surface area contributed by atoms with E-state index in [1.165, 1.54) is 12.1 Å². The third-order valence-electron chi connectivity index (χ3n) is 7.79. The average Bonchev–Trinajstić information content (AvgIpc) is 2.87. The van der Waals surface area contributed by atoms with Crippen molar-refractivity contribution in [2.24, 2.45) is 0 Å². The first-order chi connectivity index (χ1) is 14.4. The zero-order chi connectivity index (χ0) is 24.3. The highest BCUT2D eigenvalue weighted by Gasteiger charge is 2.60. The Labute approximate surface area is 194 Å². The fourth-order valence-electron chi connectivity index (χ4n) is 3.73. The van der Waals surface area contributed by atoms with E-state index >= 15 is 0 Å². The maximum absolute atomic E-state index is 13.7. The summed E-state index contributed by atoms with van der Waals surface area (Å²) in [5, 5.41) is -0.0613. The number of carbonyl (C=O) groups is 1. The van der Waals surface area contributed by atoms with E-state index < -0.39 is 34.4 Å². The Kier molecular flexibility index (Phi) is 6.25. The Bertz CT molecular complexity index is 909. The maximum atomic E-state index is 13.7. The van der Waals surface area contributed by atoms with Gasteiger partial charge in [0.1, 0.15) is 18.0 Å². The minimum Gasteiger partial charge on any atom is -0.457 e. The molecule has 32 heavy (non-hydrogen) atoms. The first kappa shape index (κ1) is 25.3. The molecule has 178 valence electrons. The summed E-state index contributed by atoms with van der Waals surface area (Å²) in [7, 11) is -4.46. The van der Waals surface area contributed by atoms with Crippen molar-refractivity contribution in [3.05, 3.63) is 41.7 Å². The molecule has 1 aliphatic carbocycles. The van der Waals surface area contributed by atoms with Crippen LogP contribution in [0.15, 0.2) is 30.3 Å². The predicted molar refractivity (Wildman–Crippen MR) is 132 cm³/mol. The number of rotatable bonds is 5. The van der Waals surface area contributed by atoms with E-state index in [2.05, 4.69) is 67.7 Å². The topological polar surface area (TPSA) is 44.8 Å². The molecule has 1 aliphatic heterocycles. The van der Waals surface area contributed by atoms with Gasteiger partial charge in [0.15, 0.2) is 22.2 Å². The molecule has 1 heterocycles. The van der Waals surface area contributed by atoms with Crippen molar-refractivity contribution in [1.29, 1.82) is 0 Å². The van der Waals surface area contributed by atoms with E-state index in [0.717, 1.165) is 11.1 Å². The SMILES string of the molecule is CC(C)(C)[Si](C)(C)O[C@@H]1C(c2ccc(F)cc2)=C[C@]2(O[Si](C)(C)C(C)(C)C)C[C@H]1OC2=O. The molecule has 4 nitrogen and oxygen atoms in total. The van der Waals surface area contributed by atoms with Crippen molar-refractivity contribution in [2.45, 2.75) is 102 Å². The lowest BCUT2D eigenvalue weighted by Gasteiger charge is -2.45. The Hall–Kier alpha value is -1.29. The summed E-state index contributed by atoms with van der Waals surface area (Å²) < 4.78 is 33.2. The molecule has 1 saturated heterocycles. The summed E-state index contributed by atoms with van der Waals surface area (Å²) in [6, 6.07) is 6.39. The highest BCUT2D eigenvalue weighted by molar-refractivity contribution is 6.74. The molecule has 7 heteroatoms. The van der Waals surface area contributed by atoms with E-state index in [9.17, 15) is 9.18 Å². The van der Waals surface area contributed by atoms with Crippen LogP contribution < -0.4 is 0 Å². The van der Waals surface area contributed by atoms with Gasteiger partial charge in [-0.25, -0.2) is 9.18 Å². The molecular formula is C25H39FO4Si2. The van der Waals surface area contributed by atoms with Crippen LogP contribution in [0.2, 0.25) is 36.3 Å². The molecule has 1 aromatic carbocycles. The number of benzene rings is 1. The van der Waals surface area contributed by atoms with Gasteiger partial charge < -0.3 is 13.6 Å². The lowest BCUT2D eigenvalue weighted by atomic mass is 9.83. The number of hydrogen-bond donors (Lipinski definition) is 0. The molecule has 0 unspecified atom stereocenters. The molecule has 0 amide bonds. The third kappa shape index (κ3) is 4.54. The molecule has 3 rings (SSSR count). The minimum atomic E-state index is -2.28. The second-order valence-corrected chi connectivity index (χ2v) is 21.8. The van der Waals surface area contributed by atoms with Gasteiger partial charge in [-0.15, -0.1) is 0 Å². The van der Waals surface area contributed by atoms with Gasteiger partial charge >= 0.3 is 5.97 Å². The molecule has 2 aliphatic rings. The summed E-state index contributed by atoms with van der Waals surface area (Å²) in [5.74, 6) is -0.636. The first-order valence-corrected chi connectivity index (χ1v) is 17.3. The van der Waals surface area contributed by atoms with Crippen molar-refractivity contribution < 1.29 is 22.8 Å². The zero-order valence-corrected chi connectivity index (χ0v) is 23.3. The summed E-state index contributed by atoms with van der Waals surface area (Å²) in [6.45, 7) is 21.7. The number of halogens is 1. The second-order valence-electron chi connectivity index (χ2n) is 12.3. The van der Waals surface area contributed by atoms with Crippen LogP contribution in [0.3, 0.4) is 0 Å². The van der Waals surface area contributed by atoms with Crippen molar-refractivity contribution >= 4 is 28.2 Å². The Morgan fingerprint density at radius 1 is 0.969 bits per heavy atom. The van der Waals surface area contributed by atoms with Crippen LogP contribution in [0.25, 0.3) is 5.57 Å². The Morgan fingerprint density at radius 2 is 1.50 bits per heavy atom. The fourth-order valence-corrected chi connectivity index (χ4v) is 6.44.